The van der Waals surface area contributed by atoms with Gasteiger partial charge in [0.2, 0.25) is 0 Å². The van der Waals surface area contributed by atoms with E-state index in [9.17, 15) is 4.79 Å². The molecule has 0 amide bonds. The summed E-state index contributed by atoms with van der Waals surface area (Å²) in [6.45, 7) is 1.54. The summed E-state index contributed by atoms with van der Waals surface area (Å²) < 4.78 is 0. The second-order valence-corrected chi connectivity index (χ2v) is 3.36. The minimum atomic E-state index is -0.271. The van der Waals surface area contributed by atoms with E-state index in [0.29, 0.717) is 6.42 Å². The molecule has 0 N–H and O–H groups in total. The minimum Gasteiger partial charge on any atom is -0.299 e. The van der Waals surface area contributed by atoms with Crippen molar-refractivity contribution in [1.29, 1.82) is 0 Å². The maximum Gasteiger partial charge on any atom is 0.143 e. The fourth-order valence-electron chi connectivity index (χ4n) is 0.972. The fraction of sp³-hybridized carbons (Fsp3) is 0.300. The van der Waals surface area contributed by atoms with Crippen LogP contribution in [0.2, 0.25) is 0 Å². The van der Waals surface area contributed by atoms with Crippen LogP contribution in [0.3, 0.4) is 0 Å². The van der Waals surface area contributed by atoms with Crippen molar-refractivity contribution in [3.8, 4) is 0 Å². The average molecular weight is 179 g/mol. The van der Waals surface area contributed by atoms with E-state index in [1.165, 1.54) is 0 Å². The van der Waals surface area contributed by atoms with Crippen LogP contribution in [-0.4, -0.2) is 11.0 Å². The molecule has 0 heterocycles. The van der Waals surface area contributed by atoms with Gasteiger partial charge in [0.1, 0.15) is 5.78 Å². The quantitative estimate of drug-likeness (QED) is 0.696. The molecule has 0 spiro atoms. The molecule has 0 bridgehead atoms. The van der Waals surface area contributed by atoms with Crippen molar-refractivity contribution >= 4 is 18.4 Å². The van der Waals surface area contributed by atoms with Crippen LogP contribution in [0.1, 0.15) is 12.5 Å². The number of benzene rings is 1. The van der Waals surface area contributed by atoms with Crippen LogP contribution in [-0.2, 0) is 11.2 Å². The number of hydrogen-bond acceptors (Lipinski definition) is 1. The normalized spacial score (nSPS) is 12.5. The summed E-state index contributed by atoms with van der Waals surface area (Å²) >= 11 is 4.99. The third kappa shape index (κ3) is 2.70. The molecule has 0 aliphatic heterocycles. The number of Topliss-reactive ketones (excluding diaryl/α,β-unsaturated/α-hetero) is 1. The number of carbonyl (C=O) groups is 1. The molecular formula is C10H11OS. The molecule has 1 unspecified atom stereocenters. The molecule has 1 nitrogen and oxygen atoms in total. The zero-order valence-electron chi connectivity index (χ0n) is 6.99. The number of hydrogen-bond donors (Lipinski definition) is 0. The van der Waals surface area contributed by atoms with E-state index in [-0.39, 0.29) is 11.0 Å². The van der Waals surface area contributed by atoms with Gasteiger partial charge in [0.05, 0.1) is 5.25 Å². The molecule has 63 valence electrons. The molecule has 0 saturated heterocycles. The van der Waals surface area contributed by atoms with Gasteiger partial charge in [0, 0.05) is 0 Å². The first kappa shape index (κ1) is 9.33. The van der Waals surface area contributed by atoms with E-state index in [2.05, 4.69) is 0 Å². The van der Waals surface area contributed by atoms with Crippen LogP contribution < -0.4 is 0 Å². The lowest BCUT2D eigenvalue weighted by Gasteiger charge is -2.04. The zero-order valence-corrected chi connectivity index (χ0v) is 7.80. The Morgan fingerprint density at radius 2 is 2.00 bits per heavy atom. The summed E-state index contributed by atoms with van der Waals surface area (Å²) in [6.07, 6.45) is 0.672. The Labute approximate surface area is 78.2 Å². The molecule has 0 aliphatic carbocycles. The van der Waals surface area contributed by atoms with Gasteiger partial charge in [-0.3, -0.25) is 4.79 Å². The van der Waals surface area contributed by atoms with Crippen molar-refractivity contribution < 1.29 is 4.79 Å². The summed E-state index contributed by atoms with van der Waals surface area (Å²) in [7, 11) is 0. The molecule has 1 radical (unpaired) electrons. The first-order valence-electron chi connectivity index (χ1n) is 3.90. The van der Waals surface area contributed by atoms with Crippen LogP contribution in [0.15, 0.2) is 30.3 Å². The predicted molar refractivity (Wildman–Crippen MR) is 52.2 cm³/mol. The summed E-state index contributed by atoms with van der Waals surface area (Å²) in [5.74, 6) is 0.0776. The highest BCUT2D eigenvalue weighted by molar-refractivity contribution is 7.81. The Morgan fingerprint density at radius 1 is 1.42 bits per heavy atom. The fourth-order valence-corrected chi connectivity index (χ4v) is 1.16. The van der Waals surface area contributed by atoms with Gasteiger partial charge in [0.15, 0.2) is 0 Å². The lowest BCUT2D eigenvalue weighted by atomic mass is 10.1. The van der Waals surface area contributed by atoms with Crippen molar-refractivity contribution in [1.82, 2.24) is 0 Å². The third-order valence-corrected chi connectivity index (χ3v) is 2.22. The van der Waals surface area contributed by atoms with Gasteiger partial charge in [0.25, 0.3) is 0 Å². The van der Waals surface area contributed by atoms with Gasteiger partial charge in [-0.25, -0.2) is 0 Å². The molecular weight excluding hydrogens is 168 g/mol. The standard InChI is InChI=1S/C10H11OS/c1-8(11)10(12)7-9-5-3-2-4-6-9/h2-6,10H,7H2,1H3. The van der Waals surface area contributed by atoms with E-state index >= 15 is 0 Å². The molecule has 0 fully saturated rings. The Kier molecular flexibility index (Phi) is 3.35. The SMILES string of the molecule is CC(=O)C([S])Cc1ccccc1. The van der Waals surface area contributed by atoms with Gasteiger partial charge >= 0.3 is 0 Å². The molecule has 2 heteroatoms. The minimum absolute atomic E-state index is 0.0776. The average Bonchev–Trinajstić information content (AvgIpc) is 2.06. The molecule has 0 saturated carbocycles. The van der Waals surface area contributed by atoms with E-state index in [0.717, 1.165) is 5.56 Å². The molecule has 1 atom stereocenters. The third-order valence-electron chi connectivity index (χ3n) is 1.72. The Morgan fingerprint density at radius 3 is 2.50 bits per heavy atom. The van der Waals surface area contributed by atoms with Crippen LogP contribution in [0.4, 0.5) is 0 Å². The lowest BCUT2D eigenvalue weighted by Crippen LogP contribution is -2.13. The predicted octanol–water partition coefficient (Wildman–Crippen LogP) is 2.38. The summed E-state index contributed by atoms with van der Waals surface area (Å²) in [4.78, 5) is 10.8. The number of ketones is 1. The largest absolute Gasteiger partial charge is 0.299 e. The monoisotopic (exact) mass is 179 g/mol. The highest BCUT2D eigenvalue weighted by Crippen LogP contribution is 2.07. The molecule has 1 aromatic carbocycles. The topological polar surface area (TPSA) is 17.1 Å². The second kappa shape index (κ2) is 4.31. The van der Waals surface area contributed by atoms with Gasteiger partial charge in [-0.15, -0.1) is 0 Å². The number of rotatable bonds is 3. The summed E-state index contributed by atoms with van der Waals surface area (Å²) in [6, 6.07) is 9.84. The smallest absolute Gasteiger partial charge is 0.143 e. The van der Waals surface area contributed by atoms with E-state index in [4.69, 9.17) is 12.6 Å². The van der Waals surface area contributed by atoms with Crippen LogP contribution in [0.5, 0.6) is 0 Å². The van der Waals surface area contributed by atoms with E-state index < -0.39 is 0 Å². The first-order chi connectivity index (χ1) is 5.70. The van der Waals surface area contributed by atoms with Crippen molar-refractivity contribution in [3.63, 3.8) is 0 Å². The molecule has 1 aromatic rings. The highest BCUT2D eigenvalue weighted by atomic mass is 32.1. The Hall–Kier alpha value is -0.760. The van der Waals surface area contributed by atoms with Gasteiger partial charge < -0.3 is 0 Å². The second-order valence-electron chi connectivity index (χ2n) is 2.79. The van der Waals surface area contributed by atoms with Gasteiger partial charge in [-0.1, -0.05) is 43.0 Å². The first-order valence-corrected chi connectivity index (χ1v) is 4.37. The van der Waals surface area contributed by atoms with Crippen LogP contribution >= 0.6 is 12.6 Å². The molecule has 0 aromatic heterocycles. The maximum absolute atomic E-state index is 10.8. The Balaban J connectivity index is 2.58. The molecule has 1 rings (SSSR count). The van der Waals surface area contributed by atoms with E-state index in [1.807, 2.05) is 30.3 Å². The summed E-state index contributed by atoms with van der Waals surface area (Å²) in [5.41, 5.74) is 1.13. The zero-order chi connectivity index (χ0) is 8.97. The Bertz CT molecular complexity index is 256. The number of carbonyl (C=O) groups excluding carboxylic acids is 1. The van der Waals surface area contributed by atoms with Crippen LogP contribution in [0.25, 0.3) is 0 Å². The molecule has 0 aliphatic rings. The van der Waals surface area contributed by atoms with Crippen molar-refractivity contribution in [2.24, 2.45) is 0 Å². The van der Waals surface area contributed by atoms with Gasteiger partial charge in [-0.05, 0) is 18.9 Å². The molecule has 12 heavy (non-hydrogen) atoms. The van der Waals surface area contributed by atoms with Crippen molar-refractivity contribution in [2.75, 3.05) is 0 Å². The van der Waals surface area contributed by atoms with Crippen molar-refractivity contribution in [2.45, 2.75) is 18.6 Å². The van der Waals surface area contributed by atoms with Crippen LogP contribution in [0, 0.1) is 0 Å². The van der Waals surface area contributed by atoms with Crippen molar-refractivity contribution in [3.05, 3.63) is 35.9 Å². The summed E-state index contributed by atoms with van der Waals surface area (Å²) in [5, 5.41) is -0.271. The van der Waals surface area contributed by atoms with Gasteiger partial charge in [-0.2, -0.15) is 0 Å². The lowest BCUT2D eigenvalue weighted by molar-refractivity contribution is -0.116. The van der Waals surface area contributed by atoms with E-state index in [1.54, 1.807) is 6.92 Å². The maximum atomic E-state index is 10.8. The highest BCUT2D eigenvalue weighted by Gasteiger charge is 2.09.